The summed E-state index contributed by atoms with van der Waals surface area (Å²) in [5.74, 6) is -2.29. The summed E-state index contributed by atoms with van der Waals surface area (Å²) in [7, 11) is -6.93. The minimum Gasteiger partial charge on any atom is -0.320 e. The fourth-order valence-corrected chi connectivity index (χ4v) is 4.49. The Bertz CT molecular complexity index is 885. The van der Waals surface area contributed by atoms with Crippen molar-refractivity contribution in [2.75, 3.05) is 7.05 Å². The molecule has 3 rings (SSSR count). The largest absolute Gasteiger partial charge is 0.320 e. The van der Waals surface area contributed by atoms with Crippen LogP contribution in [0.2, 0.25) is 0 Å². The number of halogens is 1. The number of allylic oxidation sites excluding steroid dienone is 2. The highest BCUT2D eigenvalue weighted by molar-refractivity contribution is 9.09. The monoisotopic (exact) mass is 360 g/mol. The zero-order chi connectivity index (χ0) is 23.7. The van der Waals surface area contributed by atoms with E-state index in [0.29, 0.717) is 0 Å². The van der Waals surface area contributed by atoms with Gasteiger partial charge < -0.3 is 9.11 Å². The predicted octanol–water partition coefficient (Wildman–Crippen LogP) is 3.64. The molecular formula is C14H24BrNO2S. The van der Waals surface area contributed by atoms with E-state index in [4.69, 9.17) is 14.6 Å². The van der Waals surface area contributed by atoms with E-state index in [1.54, 1.807) is 0 Å². The summed E-state index contributed by atoms with van der Waals surface area (Å²) in [5.41, 5.74) is -0.0123. The zero-order valence-corrected chi connectivity index (χ0v) is 12.8. The molecule has 4 atom stereocenters. The van der Waals surface area contributed by atoms with Crippen LogP contribution in [0.4, 0.5) is 0 Å². The van der Waals surface area contributed by atoms with Gasteiger partial charge in [-0.3, -0.25) is 10.6 Å². The summed E-state index contributed by atoms with van der Waals surface area (Å²) in [6.07, 6.45) is -6.90. The first-order chi connectivity index (χ1) is 12.9. The van der Waals surface area contributed by atoms with Gasteiger partial charge in [0.05, 0.1) is 2.74 Å². The van der Waals surface area contributed by atoms with Gasteiger partial charge in [-0.2, -0.15) is 0 Å². The van der Waals surface area contributed by atoms with Gasteiger partial charge in [-0.1, -0.05) is 39.7 Å². The highest BCUT2D eigenvalue weighted by Crippen LogP contribution is 2.60. The second-order valence-electron chi connectivity index (χ2n) is 4.62. The topological polar surface area (TPSA) is 43.7 Å². The molecule has 2 N–H and O–H groups in total. The number of rotatable bonds is 0. The summed E-state index contributed by atoms with van der Waals surface area (Å²) in [5, 5.41) is -3.78. The van der Waals surface area contributed by atoms with Crippen molar-refractivity contribution in [2.24, 2.45) is 5.92 Å². The van der Waals surface area contributed by atoms with E-state index in [0.717, 1.165) is 7.05 Å². The Kier molecular flexibility index (Phi) is 1.67. The first-order valence-electron chi connectivity index (χ1n) is 11.2. The van der Waals surface area contributed by atoms with Gasteiger partial charge in [0.1, 0.15) is 0 Å². The lowest BCUT2D eigenvalue weighted by atomic mass is 9.81. The van der Waals surface area contributed by atoms with Gasteiger partial charge in [-0.25, -0.2) is 4.31 Å². The van der Waals surface area contributed by atoms with E-state index in [1.807, 2.05) is 0 Å². The first-order valence-corrected chi connectivity index (χ1v) is 8.21. The molecule has 0 bridgehead atoms. The van der Waals surface area contributed by atoms with Crippen LogP contribution in [-0.2, 0) is 0 Å². The fraction of sp³-hybridized carbons (Fsp3) is 0.714. The van der Waals surface area contributed by atoms with E-state index < -0.39 is 58.1 Å². The molecule has 0 aromatic rings. The molecule has 1 heterocycles. The first kappa shape index (κ1) is 6.13. The quantitative estimate of drug-likeness (QED) is 0.648. The van der Waals surface area contributed by atoms with E-state index in [9.17, 15) is 9.11 Å². The summed E-state index contributed by atoms with van der Waals surface area (Å²) >= 11 is 2.54. The molecule has 0 aromatic carbocycles. The van der Waals surface area contributed by atoms with Gasteiger partial charge in [0.2, 0.25) is 0 Å². The molecule has 3 aliphatic rings. The van der Waals surface area contributed by atoms with Gasteiger partial charge in [-0.15, -0.1) is 0 Å². The molecule has 4 unspecified atom stereocenters. The van der Waals surface area contributed by atoms with Gasteiger partial charge in [0.15, 0.2) is 2.25 Å². The third kappa shape index (κ3) is 2.44. The van der Waals surface area contributed by atoms with Crippen molar-refractivity contribution >= 4 is 26.5 Å². The minimum absolute atomic E-state index is 0.0123. The van der Waals surface area contributed by atoms with Crippen LogP contribution in [0.5, 0.6) is 0 Å². The maximum absolute atomic E-state index is 11.4. The molecule has 0 spiro atoms. The van der Waals surface area contributed by atoms with Crippen molar-refractivity contribution in [1.29, 1.82) is 2.25 Å². The Morgan fingerprint density at radius 2 is 2.37 bits per heavy atom. The molecule has 0 amide bonds. The lowest BCUT2D eigenvalue weighted by Gasteiger charge is -2.56. The lowest BCUT2D eigenvalue weighted by Crippen LogP contribution is -2.41. The van der Waals surface area contributed by atoms with Crippen LogP contribution in [0, 0.1) is 5.92 Å². The Labute approximate surface area is 140 Å². The average molecular weight is 361 g/mol. The van der Waals surface area contributed by atoms with Gasteiger partial charge in [0, 0.05) is 32.7 Å². The lowest BCUT2D eigenvalue weighted by molar-refractivity contribution is 0.317. The van der Waals surface area contributed by atoms with Gasteiger partial charge in [0.25, 0.3) is 0 Å². The molecule has 110 valence electrons. The Morgan fingerprint density at radius 3 is 3.16 bits per heavy atom. The Balaban J connectivity index is 2.56. The number of hydrogen-bond acceptors (Lipinski definition) is 3. The molecule has 2 fully saturated rings. The smallest absolute Gasteiger partial charge is 0.152 e. The SMILES string of the molecule is [2H]C12CC=CC=C1CC1C([2H])([2H])C([2H])([2H])C([2H])(Br)C([2H])([2H])C1([2H])S([2H])([2H])(O)(O)N2C. The molecule has 2 aliphatic carbocycles. The molecule has 1 saturated carbocycles. The van der Waals surface area contributed by atoms with E-state index in [1.165, 1.54) is 18.2 Å². The summed E-state index contributed by atoms with van der Waals surface area (Å²) in [6.45, 7) is 0. The van der Waals surface area contributed by atoms with Crippen LogP contribution in [0.1, 0.15) is 44.3 Å². The molecule has 1 aliphatic heterocycles. The third-order valence-electron chi connectivity index (χ3n) is 3.50. The second-order valence-corrected chi connectivity index (χ2v) is 7.43. The summed E-state index contributed by atoms with van der Waals surface area (Å²) in [4.78, 5) is -3.27. The van der Waals surface area contributed by atoms with E-state index in [2.05, 4.69) is 15.9 Å². The molecular weight excluding hydrogens is 326 g/mol. The van der Waals surface area contributed by atoms with Crippen LogP contribution in [-0.4, -0.2) is 38.8 Å². The highest BCUT2D eigenvalue weighted by atomic mass is 79.9. The zero-order valence-electron chi connectivity index (χ0n) is 21.4. The van der Waals surface area contributed by atoms with Gasteiger partial charge >= 0.3 is 0 Å². The Morgan fingerprint density at radius 1 is 1.58 bits per heavy atom. The van der Waals surface area contributed by atoms with Crippen molar-refractivity contribution < 1.29 is 21.4 Å². The number of nitrogens with zero attached hydrogens (tertiary/aromatic N) is 1. The molecule has 0 aromatic heterocycles. The van der Waals surface area contributed by atoms with Crippen LogP contribution in [0.3, 0.4) is 0 Å². The Hall–Kier alpha value is 0.190. The molecule has 1 saturated heterocycles. The summed E-state index contributed by atoms with van der Waals surface area (Å²) < 4.78 is 117. The van der Waals surface area contributed by atoms with Crippen molar-refractivity contribution in [3.05, 3.63) is 23.8 Å². The number of hydrogen-bond donors (Lipinski definition) is 2. The van der Waals surface area contributed by atoms with Gasteiger partial charge in [-0.05, 0) is 37.9 Å². The molecule has 0 radical (unpaired) electrons. The van der Waals surface area contributed by atoms with Crippen molar-refractivity contribution in [2.45, 2.75) is 48.0 Å². The molecule has 3 nitrogen and oxygen atoms in total. The normalized spacial score (nSPS) is 79.1. The van der Waals surface area contributed by atoms with E-state index >= 15 is 0 Å². The molecule has 5 heteroatoms. The average Bonchev–Trinajstić information content (AvgIpc) is 2.59. The fourth-order valence-electron chi connectivity index (χ4n) is 2.47. The van der Waals surface area contributed by atoms with Crippen LogP contribution < -0.4 is 0 Å². The van der Waals surface area contributed by atoms with Crippen molar-refractivity contribution in [3.63, 3.8) is 0 Å². The predicted molar refractivity (Wildman–Crippen MR) is 87.5 cm³/mol. The maximum atomic E-state index is 11.4. The van der Waals surface area contributed by atoms with Crippen LogP contribution >= 0.6 is 26.5 Å². The number of alkyl halides is 1. The van der Waals surface area contributed by atoms with Crippen LogP contribution in [0.15, 0.2) is 23.8 Å². The number of likely N-dealkylation sites (N-methyl/N-ethyl adjacent to an activating group) is 1. The van der Waals surface area contributed by atoms with Crippen molar-refractivity contribution in [3.8, 4) is 0 Å². The minimum atomic E-state index is -7.76. The molecule has 19 heavy (non-hydrogen) atoms. The second kappa shape index (κ2) is 5.19. The standard InChI is InChI=1S/C14H24BrNO2S/c1-16-13-5-3-2-4-10(13)8-11-6-7-12(15)9-14(11)19(16,17)18/h2-4,11-14,17-18H,5-9,19H2,1H3/i6D2,7D2,9D2,12D,13D,14D,19D2. The highest BCUT2D eigenvalue weighted by Gasteiger charge is 2.43. The number of fused-ring (bicyclic) bond motifs is 2. The van der Waals surface area contributed by atoms with Crippen molar-refractivity contribution in [1.82, 2.24) is 4.31 Å². The third-order valence-corrected chi connectivity index (χ3v) is 5.86. The summed E-state index contributed by atoms with van der Waals surface area (Å²) in [6, 6.07) is -2.19. The van der Waals surface area contributed by atoms with E-state index in [-0.39, 0.29) is 16.3 Å². The maximum Gasteiger partial charge on any atom is 0.152 e. The van der Waals surface area contributed by atoms with Crippen LogP contribution in [0.25, 0.3) is 0 Å².